The minimum Gasteiger partial charge on any atom is -0.480 e. The molecular weight excluding hydrogens is 978 g/mol. The molecule has 0 spiro atoms. The number of aliphatic hydroxyl groups excluding tert-OH is 2. The maximum Gasteiger partial charge on any atom is 0.459 e. The summed E-state index contributed by atoms with van der Waals surface area (Å²) in [6, 6.07) is 17.6. The van der Waals surface area contributed by atoms with Gasteiger partial charge in [-0.05, 0) is 90.9 Å². The third kappa shape index (κ3) is 16.1. The summed E-state index contributed by atoms with van der Waals surface area (Å²) >= 11 is 3.11. The molecular formula is C46H55F6N4O10PS2. The number of anilines is 1. The predicted octanol–water partition coefficient (Wildman–Crippen LogP) is 9.56. The summed E-state index contributed by atoms with van der Waals surface area (Å²) in [5.41, 5.74) is -3.09. The highest BCUT2D eigenvalue weighted by Crippen LogP contribution is 2.49. The number of carboxylic acid groups (broad SMARTS) is 1. The van der Waals surface area contributed by atoms with Gasteiger partial charge in [-0.15, -0.1) is 0 Å². The van der Waals surface area contributed by atoms with Gasteiger partial charge in [-0.2, -0.15) is 59.9 Å². The Kier molecular flexibility index (Phi) is 19.0. The second-order valence-corrected chi connectivity index (χ2v) is 21.7. The Bertz CT molecular complexity index is 2430. The Hall–Kier alpha value is -4.41. The fraction of sp³-hybridized carbons (Fsp3) is 0.478. The number of nitrogens with one attached hydrogen (secondary N) is 2. The van der Waals surface area contributed by atoms with Crippen molar-refractivity contribution < 1.29 is 69.6 Å². The van der Waals surface area contributed by atoms with Crippen LogP contribution in [0.5, 0.6) is 5.75 Å². The lowest BCUT2D eigenvalue weighted by Crippen LogP contribution is -2.43. The molecule has 69 heavy (non-hydrogen) atoms. The molecule has 1 aromatic heterocycles. The first-order chi connectivity index (χ1) is 32.3. The van der Waals surface area contributed by atoms with E-state index in [4.69, 9.17) is 13.8 Å². The zero-order chi connectivity index (χ0) is 50.8. The molecule has 5 rings (SSSR count). The lowest BCUT2D eigenvalue weighted by atomic mass is 9.83. The van der Waals surface area contributed by atoms with Crippen molar-refractivity contribution >= 4 is 49.0 Å². The molecule has 1 aliphatic heterocycles. The molecule has 1 amide bonds. The highest BCUT2D eigenvalue weighted by Gasteiger charge is 2.55. The van der Waals surface area contributed by atoms with Gasteiger partial charge in [0.1, 0.15) is 29.9 Å². The molecule has 4 aromatic rings. The Labute approximate surface area is 403 Å². The molecule has 3 aromatic carbocycles. The first-order valence-electron chi connectivity index (χ1n) is 21.7. The van der Waals surface area contributed by atoms with E-state index in [1.54, 1.807) is 41.7 Å². The van der Waals surface area contributed by atoms with Crippen molar-refractivity contribution in [1.29, 1.82) is 0 Å². The largest absolute Gasteiger partial charge is 0.480 e. The van der Waals surface area contributed by atoms with E-state index < -0.39 is 97.3 Å². The maximum atomic E-state index is 13.7. The molecule has 0 aliphatic carbocycles. The number of carbonyl (C=O) groups excluding carboxylic acids is 1. The number of thioether (sulfide) groups is 2. The van der Waals surface area contributed by atoms with Crippen LogP contribution in [0.1, 0.15) is 81.9 Å². The molecule has 3 unspecified atom stereocenters. The number of aliphatic carboxylic acids is 1. The normalized spacial score (nSPS) is 20.5. The summed E-state index contributed by atoms with van der Waals surface area (Å²) < 4.78 is 110. The van der Waals surface area contributed by atoms with Gasteiger partial charge in [0.25, 0.3) is 0 Å². The Morgan fingerprint density at radius 3 is 2.07 bits per heavy atom. The number of benzene rings is 3. The van der Waals surface area contributed by atoms with Gasteiger partial charge >= 0.3 is 31.8 Å². The van der Waals surface area contributed by atoms with Crippen LogP contribution < -0.4 is 20.6 Å². The summed E-state index contributed by atoms with van der Waals surface area (Å²) in [5.74, 6) is -0.243. The smallest absolute Gasteiger partial charge is 0.459 e. The number of carboxylic acids is 1. The van der Waals surface area contributed by atoms with Crippen LogP contribution in [0.25, 0.3) is 0 Å². The fourth-order valence-electron chi connectivity index (χ4n) is 7.26. The Balaban J connectivity index is 1.19. The summed E-state index contributed by atoms with van der Waals surface area (Å²) in [6.07, 6.45) is -9.95. The predicted molar refractivity (Wildman–Crippen MR) is 249 cm³/mol. The van der Waals surface area contributed by atoms with Crippen molar-refractivity contribution in [1.82, 2.24) is 14.6 Å². The summed E-state index contributed by atoms with van der Waals surface area (Å²) in [7, 11) is -4.43. The highest BCUT2D eigenvalue weighted by atomic mass is 32.2. The van der Waals surface area contributed by atoms with Crippen LogP contribution in [0.15, 0.2) is 95.9 Å². The van der Waals surface area contributed by atoms with Gasteiger partial charge in [-0.3, -0.25) is 18.7 Å². The number of aromatic nitrogens is 2. The van der Waals surface area contributed by atoms with E-state index in [1.165, 1.54) is 62.5 Å². The average Bonchev–Trinajstić information content (AvgIpc) is 3.53. The van der Waals surface area contributed by atoms with Crippen LogP contribution in [0.4, 0.5) is 32.2 Å². The molecule has 7 atom stereocenters. The number of hydrogen-bond donors (Lipinski definition) is 5. The third-order valence-corrected chi connectivity index (χ3v) is 15.5. The van der Waals surface area contributed by atoms with Gasteiger partial charge in [-0.25, -0.2) is 9.36 Å². The maximum absolute atomic E-state index is 13.7. The minimum atomic E-state index is -4.47. The Morgan fingerprint density at radius 1 is 0.928 bits per heavy atom. The van der Waals surface area contributed by atoms with Crippen LogP contribution in [-0.2, 0) is 47.3 Å². The van der Waals surface area contributed by atoms with Crippen molar-refractivity contribution in [2.45, 2.75) is 107 Å². The van der Waals surface area contributed by atoms with Gasteiger partial charge in [0.05, 0.1) is 35.9 Å². The number of rotatable bonds is 24. The fourth-order valence-corrected chi connectivity index (χ4v) is 11.1. The summed E-state index contributed by atoms with van der Waals surface area (Å²) in [5, 5.41) is 36.2. The monoisotopic (exact) mass is 1030 g/mol. The summed E-state index contributed by atoms with van der Waals surface area (Å²) in [4.78, 5) is 42.4. The second kappa shape index (κ2) is 23.7. The average molecular weight is 1030 g/mol. The molecule has 5 N–H and O–H groups in total. The van der Waals surface area contributed by atoms with Crippen LogP contribution >= 0.6 is 31.3 Å². The zero-order valence-electron chi connectivity index (χ0n) is 38.0. The lowest BCUT2D eigenvalue weighted by Gasteiger charge is -2.31. The van der Waals surface area contributed by atoms with E-state index in [0.29, 0.717) is 42.1 Å². The lowest BCUT2D eigenvalue weighted by molar-refractivity contribution is -0.139. The van der Waals surface area contributed by atoms with Gasteiger partial charge < -0.3 is 29.9 Å². The number of para-hydroxylation sites is 1. The van der Waals surface area contributed by atoms with E-state index >= 15 is 0 Å². The van der Waals surface area contributed by atoms with E-state index in [2.05, 4.69) is 15.4 Å². The molecule has 378 valence electrons. The number of alkyl halides is 6. The molecule has 2 heterocycles. The SMILES string of the molecule is CC(NP(=O)(OC[C@H]1O[C@@H](n2ccc(NC(=O)CC(C)(C)CCC(CCSCc3ccc(C(F)(F)F)cc3)SCc3ccc(C(F)(F)F)cc3)nc2=O)[C@](C)(CO)[C@@H]1O)Oc1ccccc1)C(=O)O. The Morgan fingerprint density at radius 2 is 1.52 bits per heavy atom. The topological polar surface area (TPSA) is 199 Å². The molecule has 0 bridgehead atoms. The molecule has 23 heteroatoms. The molecule has 0 saturated carbocycles. The number of hydrogen-bond acceptors (Lipinski definition) is 12. The number of ether oxygens (including phenoxy) is 1. The minimum absolute atomic E-state index is 0.0108. The van der Waals surface area contributed by atoms with Crippen LogP contribution in [0, 0.1) is 10.8 Å². The first kappa shape index (κ1) is 55.5. The number of nitrogens with zero attached hydrogens (tertiary/aromatic N) is 2. The van der Waals surface area contributed by atoms with E-state index in [-0.39, 0.29) is 23.2 Å². The van der Waals surface area contributed by atoms with Crippen LogP contribution in [0.3, 0.4) is 0 Å². The zero-order valence-corrected chi connectivity index (χ0v) is 40.6. The van der Waals surface area contributed by atoms with Crippen molar-refractivity contribution in [2.24, 2.45) is 10.8 Å². The number of aliphatic hydroxyl groups is 2. The molecule has 0 radical (unpaired) electrons. The van der Waals surface area contributed by atoms with Gasteiger partial charge in [-0.1, -0.05) is 63.2 Å². The van der Waals surface area contributed by atoms with E-state index in [9.17, 15) is 60.6 Å². The summed E-state index contributed by atoms with van der Waals surface area (Å²) in [6.45, 7) is 5.12. The highest BCUT2D eigenvalue weighted by molar-refractivity contribution is 7.99. The third-order valence-electron chi connectivity index (χ3n) is 11.4. The number of carbonyl (C=O) groups is 2. The van der Waals surface area contributed by atoms with Crippen LogP contribution in [-0.4, -0.2) is 79.2 Å². The van der Waals surface area contributed by atoms with E-state index in [1.807, 2.05) is 13.8 Å². The number of amides is 1. The van der Waals surface area contributed by atoms with Gasteiger partial charge in [0.15, 0.2) is 0 Å². The molecule has 1 aliphatic rings. The molecule has 14 nitrogen and oxygen atoms in total. The number of halogens is 6. The van der Waals surface area contributed by atoms with Crippen molar-refractivity contribution in [3.05, 3.63) is 124 Å². The van der Waals surface area contributed by atoms with Crippen molar-refractivity contribution in [2.75, 3.05) is 24.3 Å². The van der Waals surface area contributed by atoms with Crippen molar-refractivity contribution in [3.8, 4) is 5.75 Å². The molecule has 1 fully saturated rings. The van der Waals surface area contributed by atoms with Gasteiger partial charge in [0.2, 0.25) is 5.91 Å². The van der Waals surface area contributed by atoms with Crippen LogP contribution in [0.2, 0.25) is 0 Å². The first-order valence-corrected chi connectivity index (χ1v) is 25.4. The van der Waals surface area contributed by atoms with Crippen molar-refractivity contribution in [3.63, 3.8) is 0 Å². The second-order valence-electron chi connectivity index (χ2n) is 17.6. The van der Waals surface area contributed by atoms with E-state index in [0.717, 1.165) is 34.4 Å². The standard InChI is InChI=1S/C46H55F6N4O10PS2/c1-29(40(60)61)55-67(63,66-34-8-6-5-7-9-34)64-25-36-39(59)44(4,28-57)41(65-36)56-22-19-37(54-42(56)62)53-38(58)24-43(2,3)21-18-35(69-27-31-12-16-33(17-13-31)46(50,51)52)20-23-68-26-30-10-14-32(15-11-30)45(47,48)49/h5-17,19,22,29,35-36,39,41,57,59H,18,20-21,23-28H2,1-4H3,(H,55,63)(H,60,61)(H,53,54,58,62)/t29?,35?,36-,39-,41-,44-,67?/m1/s1. The molecule has 1 saturated heterocycles. The van der Waals surface area contributed by atoms with Gasteiger partial charge in [0, 0.05) is 29.4 Å². The quantitative estimate of drug-likeness (QED) is 0.0253.